The highest BCUT2D eigenvalue weighted by molar-refractivity contribution is 5.82. The van der Waals surface area contributed by atoms with Crippen molar-refractivity contribution >= 4 is 28.8 Å². The Morgan fingerprint density at radius 3 is 2.36 bits per heavy atom. The van der Waals surface area contributed by atoms with Crippen molar-refractivity contribution in [2.24, 2.45) is 0 Å². The molecule has 0 spiro atoms. The molecule has 0 bridgehead atoms. The Bertz CT molecular complexity index is 947. The van der Waals surface area contributed by atoms with Gasteiger partial charge in [-0.1, -0.05) is 42.0 Å². The predicted molar refractivity (Wildman–Crippen MR) is 96.9 cm³/mol. The van der Waals surface area contributed by atoms with E-state index in [2.05, 4.69) is 9.97 Å². The maximum Gasteiger partial charge on any atom is 0.311 e. The summed E-state index contributed by atoms with van der Waals surface area (Å²) in [6, 6.07) is 14.9. The molecule has 1 N–H and O–H groups in total. The van der Waals surface area contributed by atoms with Crippen LogP contribution in [0.4, 0.5) is 0 Å². The summed E-state index contributed by atoms with van der Waals surface area (Å²) < 4.78 is 4.73. The summed E-state index contributed by atoms with van der Waals surface area (Å²) in [7, 11) is 1.33. The van der Waals surface area contributed by atoms with E-state index >= 15 is 0 Å². The van der Waals surface area contributed by atoms with Crippen LogP contribution in [0.5, 0.6) is 0 Å². The van der Waals surface area contributed by atoms with Crippen molar-refractivity contribution in [2.75, 3.05) is 7.11 Å². The zero-order valence-corrected chi connectivity index (χ0v) is 14.1. The van der Waals surface area contributed by atoms with E-state index in [1.807, 2.05) is 55.5 Å². The fourth-order valence-corrected chi connectivity index (χ4v) is 2.44. The van der Waals surface area contributed by atoms with Crippen LogP contribution < -0.4 is 0 Å². The van der Waals surface area contributed by atoms with E-state index in [4.69, 9.17) is 4.74 Å². The Kier molecular flexibility index (Phi) is 4.75. The minimum absolute atomic E-state index is 0.0126. The smallest absolute Gasteiger partial charge is 0.311 e. The fourth-order valence-electron chi connectivity index (χ4n) is 2.44. The van der Waals surface area contributed by atoms with Crippen molar-refractivity contribution in [3.8, 4) is 0 Å². The van der Waals surface area contributed by atoms with Gasteiger partial charge >= 0.3 is 5.97 Å². The number of aliphatic hydroxyl groups is 1. The topological polar surface area (TPSA) is 72.3 Å². The molecule has 3 rings (SSSR count). The molecule has 126 valence electrons. The number of esters is 1. The SMILES string of the molecule is COC(=O)Cc1nc2ccccc2nc1/C=C(\O)c1ccc(C)cc1. The van der Waals surface area contributed by atoms with Crippen molar-refractivity contribution in [3.05, 3.63) is 71.0 Å². The Labute approximate surface area is 145 Å². The molecule has 0 aliphatic carbocycles. The molecule has 3 aromatic rings. The quantitative estimate of drug-likeness (QED) is 0.582. The summed E-state index contributed by atoms with van der Waals surface area (Å²) in [6.07, 6.45) is 1.52. The van der Waals surface area contributed by atoms with Crippen LogP contribution in [0.15, 0.2) is 48.5 Å². The van der Waals surface area contributed by atoms with Crippen molar-refractivity contribution < 1.29 is 14.6 Å². The van der Waals surface area contributed by atoms with E-state index in [-0.39, 0.29) is 12.2 Å². The number of aliphatic hydroxyl groups excluding tert-OH is 1. The van der Waals surface area contributed by atoms with Crippen molar-refractivity contribution in [2.45, 2.75) is 13.3 Å². The van der Waals surface area contributed by atoms with Gasteiger partial charge in [0.2, 0.25) is 0 Å². The van der Waals surface area contributed by atoms with Gasteiger partial charge in [-0.3, -0.25) is 4.79 Å². The first-order chi connectivity index (χ1) is 12.1. The molecule has 0 amide bonds. The zero-order chi connectivity index (χ0) is 17.8. The highest BCUT2D eigenvalue weighted by Gasteiger charge is 2.13. The van der Waals surface area contributed by atoms with Crippen molar-refractivity contribution in [1.29, 1.82) is 0 Å². The molecule has 5 heteroatoms. The molecule has 2 aromatic carbocycles. The second-order valence-electron chi connectivity index (χ2n) is 5.69. The van der Waals surface area contributed by atoms with Gasteiger partial charge in [-0.2, -0.15) is 0 Å². The minimum Gasteiger partial charge on any atom is -0.507 e. The molecule has 0 saturated carbocycles. The van der Waals surface area contributed by atoms with Gasteiger partial charge in [0.1, 0.15) is 5.76 Å². The van der Waals surface area contributed by atoms with Gasteiger partial charge in [-0.15, -0.1) is 0 Å². The number of ether oxygens (including phenoxy) is 1. The zero-order valence-electron chi connectivity index (χ0n) is 14.1. The summed E-state index contributed by atoms with van der Waals surface area (Å²) in [5.41, 5.74) is 4.07. The van der Waals surface area contributed by atoms with Crippen LogP contribution >= 0.6 is 0 Å². The Morgan fingerprint density at radius 2 is 1.72 bits per heavy atom. The lowest BCUT2D eigenvalue weighted by atomic mass is 10.1. The van der Waals surface area contributed by atoms with E-state index < -0.39 is 5.97 Å². The maximum absolute atomic E-state index is 11.7. The first-order valence-corrected chi connectivity index (χ1v) is 7.87. The minimum atomic E-state index is -0.408. The van der Waals surface area contributed by atoms with Crippen LogP contribution in [0.2, 0.25) is 0 Å². The maximum atomic E-state index is 11.7. The number of hydrogen-bond donors (Lipinski definition) is 1. The highest BCUT2D eigenvalue weighted by atomic mass is 16.5. The number of aryl methyl sites for hydroxylation is 1. The second kappa shape index (κ2) is 7.13. The Morgan fingerprint density at radius 1 is 1.08 bits per heavy atom. The standard InChI is InChI=1S/C20H18N2O3/c1-13-7-9-14(10-8-13)19(23)11-17-18(12-20(24)25-2)22-16-6-4-3-5-15(16)21-17/h3-11,23H,12H2,1-2H3/b19-11-. The molecular weight excluding hydrogens is 316 g/mol. The van der Waals surface area contributed by atoms with Crippen LogP contribution in [-0.4, -0.2) is 28.2 Å². The van der Waals surface area contributed by atoms with Gasteiger partial charge in [-0.05, 0) is 19.1 Å². The van der Waals surface area contributed by atoms with Crippen LogP contribution in [0.3, 0.4) is 0 Å². The summed E-state index contributed by atoms with van der Waals surface area (Å²) >= 11 is 0. The summed E-state index contributed by atoms with van der Waals surface area (Å²) in [5.74, 6) is -0.343. The number of benzene rings is 2. The van der Waals surface area contributed by atoms with Gasteiger partial charge in [0, 0.05) is 11.6 Å². The van der Waals surface area contributed by atoms with Crippen molar-refractivity contribution in [3.63, 3.8) is 0 Å². The second-order valence-corrected chi connectivity index (χ2v) is 5.69. The van der Waals surface area contributed by atoms with Crippen LogP contribution in [0.25, 0.3) is 22.9 Å². The number of hydrogen-bond acceptors (Lipinski definition) is 5. The van der Waals surface area contributed by atoms with E-state index in [0.717, 1.165) is 5.56 Å². The third-order valence-electron chi connectivity index (χ3n) is 3.83. The predicted octanol–water partition coefficient (Wildman–Crippen LogP) is 3.71. The van der Waals surface area contributed by atoms with Crippen LogP contribution in [0, 0.1) is 6.92 Å². The average molecular weight is 334 g/mol. The number of nitrogens with zero attached hydrogens (tertiary/aromatic N) is 2. The molecular formula is C20H18N2O3. The molecule has 1 aromatic heterocycles. The lowest BCUT2D eigenvalue weighted by Crippen LogP contribution is -2.09. The number of fused-ring (bicyclic) bond motifs is 1. The molecule has 0 radical (unpaired) electrons. The molecule has 5 nitrogen and oxygen atoms in total. The molecule has 0 aliphatic rings. The summed E-state index contributed by atoms with van der Waals surface area (Å²) in [4.78, 5) is 20.7. The number of carbonyl (C=O) groups excluding carboxylic acids is 1. The number of methoxy groups -OCH3 is 1. The molecule has 25 heavy (non-hydrogen) atoms. The van der Waals surface area contributed by atoms with Gasteiger partial charge in [-0.25, -0.2) is 9.97 Å². The molecule has 0 fully saturated rings. The van der Waals surface area contributed by atoms with Gasteiger partial charge in [0.15, 0.2) is 0 Å². The summed E-state index contributed by atoms with van der Waals surface area (Å²) in [6.45, 7) is 1.98. The lowest BCUT2D eigenvalue weighted by Gasteiger charge is -2.07. The third kappa shape index (κ3) is 3.83. The Hall–Kier alpha value is -3.21. The highest BCUT2D eigenvalue weighted by Crippen LogP contribution is 2.20. The van der Waals surface area contributed by atoms with E-state index in [0.29, 0.717) is 28.0 Å². The first kappa shape index (κ1) is 16.6. The number of rotatable bonds is 4. The third-order valence-corrected chi connectivity index (χ3v) is 3.83. The van der Waals surface area contributed by atoms with Crippen LogP contribution in [0.1, 0.15) is 22.5 Å². The van der Waals surface area contributed by atoms with Crippen LogP contribution in [-0.2, 0) is 16.0 Å². The molecule has 1 heterocycles. The number of carbonyl (C=O) groups is 1. The number of para-hydroxylation sites is 2. The van der Waals surface area contributed by atoms with Crippen molar-refractivity contribution in [1.82, 2.24) is 9.97 Å². The largest absolute Gasteiger partial charge is 0.507 e. The Balaban J connectivity index is 2.08. The van der Waals surface area contributed by atoms with Gasteiger partial charge < -0.3 is 9.84 Å². The number of aromatic nitrogens is 2. The van der Waals surface area contributed by atoms with Gasteiger partial charge in [0.05, 0.1) is 36.0 Å². The average Bonchev–Trinajstić information content (AvgIpc) is 2.62. The summed E-state index contributed by atoms with van der Waals surface area (Å²) in [5, 5.41) is 10.4. The monoisotopic (exact) mass is 334 g/mol. The van der Waals surface area contributed by atoms with E-state index in [1.54, 1.807) is 0 Å². The van der Waals surface area contributed by atoms with E-state index in [9.17, 15) is 9.90 Å². The molecule has 0 aliphatic heterocycles. The molecule has 0 saturated heterocycles. The lowest BCUT2D eigenvalue weighted by molar-refractivity contribution is -0.139. The van der Waals surface area contributed by atoms with Gasteiger partial charge in [0.25, 0.3) is 0 Å². The normalized spacial score (nSPS) is 11.5. The first-order valence-electron chi connectivity index (χ1n) is 7.87. The molecule has 0 atom stereocenters. The molecule has 0 unspecified atom stereocenters. The fraction of sp³-hybridized carbons (Fsp3) is 0.150. The van der Waals surface area contributed by atoms with E-state index in [1.165, 1.54) is 13.2 Å².